The molecule has 0 atom stereocenters. The molecule has 1 aromatic carbocycles. The lowest BCUT2D eigenvalue weighted by atomic mass is 10.3. The number of nitrogens with zero attached hydrogens (tertiary/aromatic N) is 3. The lowest BCUT2D eigenvalue weighted by molar-refractivity contribution is 0.831. The Morgan fingerprint density at radius 2 is 2.29 bits per heavy atom. The highest BCUT2D eigenvalue weighted by molar-refractivity contribution is 6.31. The zero-order chi connectivity index (χ0) is 11.0. The SMILES string of the molecule is Cl.Clc1ccc2c(cnn2NC2=NCCN2)c1. The van der Waals surface area contributed by atoms with Crippen molar-refractivity contribution in [2.24, 2.45) is 4.99 Å². The fraction of sp³-hybridized carbons (Fsp3) is 0.200. The Balaban J connectivity index is 0.00000108. The zero-order valence-electron chi connectivity index (χ0n) is 8.85. The molecule has 0 unspecified atom stereocenters. The molecule has 0 amide bonds. The molecule has 0 saturated carbocycles. The Morgan fingerprint density at radius 3 is 3.06 bits per heavy atom. The van der Waals surface area contributed by atoms with E-state index in [9.17, 15) is 0 Å². The lowest BCUT2D eigenvalue weighted by Crippen LogP contribution is -2.32. The summed E-state index contributed by atoms with van der Waals surface area (Å²) in [5.74, 6) is 0.750. The van der Waals surface area contributed by atoms with E-state index in [-0.39, 0.29) is 12.4 Å². The van der Waals surface area contributed by atoms with Gasteiger partial charge < -0.3 is 5.32 Å². The van der Waals surface area contributed by atoms with Crippen LogP contribution in [0.4, 0.5) is 0 Å². The van der Waals surface area contributed by atoms with Crippen molar-refractivity contribution >= 4 is 40.9 Å². The van der Waals surface area contributed by atoms with Crippen LogP contribution in [-0.4, -0.2) is 28.9 Å². The first-order valence-corrected chi connectivity index (χ1v) is 5.39. The van der Waals surface area contributed by atoms with Crippen LogP contribution in [0.25, 0.3) is 10.9 Å². The van der Waals surface area contributed by atoms with Gasteiger partial charge in [-0.2, -0.15) is 9.89 Å². The van der Waals surface area contributed by atoms with Crippen LogP contribution in [0.1, 0.15) is 0 Å². The number of guanidine groups is 1. The molecular weight excluding hydrogens is 261 g/mol. The van der Waals surface area contributed by atoms with Crippen LogP contribution in [0.3, 0.4) is 0 Å². The zero-order valence-corrected chi connectivity index (χ0v) is 10.4. The van der Waals surface area contributed by atoms with Gasteiger partial charge in [-0.05, 0) is 18.2 Å². The second-order valence-electron chi connectivity index (χ2n) is 3.53. The van der Waals surface area contributed by atoms with Gasteiger partial charge in [-0.15, -0.1) is 12.4 Å². The number of aromatic nitrogens is 2. The first-order valence-electron chi connectivity index (χ1n) is 5.01. The molecule has 1 aliphatic rings. The summed E-state index contributed by atoms with van der Waals surface area (Å²) in [6.07, 6.45) is 1.77. The molecular formula is C10H11Cl2N5. The first kappa shape index (κ1) is 12.0. The van der Waals surface area contributed by atoms with Gasteiger partial charge in [0.05, 0.1) is 18.3 Å². The van der Waals surface area contributed by atoms with E-state index in [1.807, 2.05) is 18.2 Å². The maximum Gasteiger partial charge on any atom is 0.212 e. The van der Waals surface area contributed by atoms with E-state index in [2.05, 4.69) is 20.8 Å². The molecule has 0 fully saturated rings. The van der Waals surface area contributed by atoms with Crippen LogP contribution in [-0.2, 0) is 0 Å². The van der Waals surface area contributed by atoms with Crippen molar-refractivity contribution in [1.82, 2.24) is 15.2 Å². The standard InChI is InChI=1S/C10H10ClN5.ClH/c11-8-1-2-9-7(5-8)6-14-16(9)15-10-12-3-4-13-10;/h1-2,5-6H,3-4H2,(H2,12,13,15);1H. The molecule has 3 rings (SSSR count). The molecule has 2 aromatic rings. The molecule has 7 heteroatoms. The van der Waals surface area contributed by atoms with Gasteiger partial charge in [0.1, 0.15) is 0 Å². The molecule has 17 heavy (non-hydrogen) atoms. The molecule has 0 radical (unpaired) electrons. The van der Waals surface area contributed by atoms with Crippen molar-refractivity contribution in [3.05, 3.63) is 29.4 Å². The van der Waals surface area contributed by atoms with Crippen molar-refractivity contribution in [2.45, 2.75) is 0 Å². The second-order valence-corrected chi connectivity index (χ2v) is 3.96. The summed E-state index contributed by atoms with van der Waals surface area (Å²) < 4.78 is 0. The summed E-state index contributed by atoms with van der Waals surface area (Å²) in [4.78, 5) is 5.93. The van der Waals surface area contributed by atoms with Crippen molar-refractivity contribution in [1.29, 1.82) is 0 Å². The summed E-state index contributed by atoms with van der Waals surface area (Å²) in [6, 6.07) is 5.65. The third-order valence-electron chi connectivity index (χ3n) is 2.42. The van der Waals surface area contributed by atoms with Crippen molar-refractivity contribution in [3.8, 4) is 0 Å². The fourth-order valence-electron chi connectivity index (χ4n) is 1.67. The molecule has 1 aliphatic heterocycles. The molecule has 90 valence electrons. The minimum atomic E-state index is 0. The van der Waals surface area contributed by atoms with Crippen LogP contribution >= 0.6 is 24.0 Å². The summed E-state index contributed by atoms with van der Waals surface area (Å²) in [5.41, 5.74) is 4.06. The number of hydrogen-bond acceptors (Lipinski definition) is 4. The largest absolute Gasteiger partial charge is 0.353 e. The number of rotatable bonds is 1. The molecule has 0 spiro atoms. The summed E-state index contributed by atoms with van der Waals surface area (Å²) >= 11 is 5.90. The smallest absolute Gasteiger partial charge is 0.212 e. The third kappa shape index (κ3) is 2.30. The summed E-state index contributed by atoms with van der Waals surface area (Å²) in [7, 11) is 0. The van der Waals surface area contributed by atoms with Crippen molar-refractivity contribution in [2.75, 3.05) is 18.5 Å². The predicted octanol–water partition coefficient (Wildman–Crippen LogP) is 1.61. The molecule has 5 nitrogen and oxygen atoms in total. The molecule has 2 N–H and O–H groups in total. The molecule has 0 saturated heterocycles. The molecule has 0 bridgehead atoms. The van der Waals surface area contributed by atoms with E-state index in [1.165, 1.54) is 0 Å². The predicted molar refractivity (Wildman–Crippen MR) is 71.7 cm³/mol. The number of halogens is 2. The Bertz CT molecular complexity index is 563. The maximum atomic E-state index is 5.90. The van der Waals surface area contributed by atoms with E-state index < -0.39 is 0 Å². The minimum absolute atomic E-state index is 0. The second kappa shape index (κ2) is 4.81. The minimum Gasteiger partial charge on any atom is -0.353 e. The summed E-state index contributed by atoms with van der Waals surface area (Å²) in [6.45, 7) is 1.67. The highest BCUT2D eigenvalue weighted by Crippen LogP contribution is 2.17. The first-order chi connectivity index (χ1) is 7.83. The number of benzene rings is 1. The van der Waals surface area contributed by atoms with E-state index >= 15 is 0 Å². The normalized spacial score (nSPS) is 14.1. The number of hydrogen-bond donors (Lipinski definition) is 2. The number of fused-ring (bicyclic) bond motifs is 1. The van der Waals surface area contributed by atoms with E-state index in [1.54, 1.807) is 11.0 Å². The van der Waals surface area contributed by atoms with E-state index in [0.717, 1.165) is 30.0 Å². The number of aliphatic imine (C=N–C) groups is 1. The highest BCUT2D eigenvalue weighted by atomic mass is 35.5. The van der Waals surface area contributed by atoms with E-state index in [4.69, 9.17) is 11.6 Å². The molecule has 2 heterocycles. The van der Waals surface area contributed by atoms with Crippen LogP contribution in [0.2, 0.25) is 5.02 Å². The van der Waals surface area contributed by atoms with Crippen molar-refractivity contribution < 1.29 is 0 Å². The topological polar surface area (TPSA) is 54.2 Å². The fourth-order valence-corrected chi connectivity index (χ4v) is 1.85. The Kier molecular flexibility index (Phi) is 3.40. The quantitative estimate of drug-likeness (QED) is 0.829. The highest BCUT2D eigenvalue weighted by Gasteiger charge is 2.07. The van der Waals surface area contributed by atoms with Gasteiger partial charge in [0.15, 0.2) is 0 Å². The lowest BCUT2D eigenvalue weighted by Gasteiger charge is -2.07. The monoisotopic (exact) mass is 271 g/mol. The van der Waals surface area contributed by atoms with Crippen LogP contribution in [0.5, 0.6) is 0 Å². The summed E-state index contributed by atoms with van der Waals surface area (Å²) in [5, 5.41) is 9.06. The average Bonchev–Trinajstić information content (AvgIpc) is 2.89. The van der Waals surface area contributed by atoms with Crippen LogP contribution in [0.15, 0.2) is 29.4 Å². The van der Waals surface area contributed by atoms with E-state index in [0.29, 0.717) is 5.02 Å². The van der Waals surface area contributed by atoms with Gasteiger partial charge in [-0.25, -0.2) is 10.4 Å². The maximum absolute atomic E-state index is 5.90. The van der Waals surface area contributed by atoms with Gasteiger partial charge in [-0.3, -0.25) is 0 Å². The van der Waals surface area contributed by atoms with Gasteiger partial charge in [0.2, 0.25) is 5.96 Å². The Labute approximate surface area is 109 Å². The van der Waals surface area contributed by atoms with Crippen molar-refractivity contribution in [3.63, 3.8) is 0 Å². The molecule has 1 aromatic heterocycles. The Hall–Kier alpha value is -1.46. The molecule has 0 aliphatic carbocycles. The van der Waals surface area contributed by atoms with Crippen LogP contribution < -0.4 is 10.7 Å². The average molecular weight is 272 g/mol. The Morgan fingerprint density at radius 1 is 1.41 bits per heavy atom. The third-order valence-corrected chi connectivity index (χ3v) is 2.65. The van der Waals surface area contributed by atoms with Gasteiger partial charge in [0.25, 0.3) is 0 Å². The van der Waals surface area contributed by atoms with Gasteiger partial charge in [-0.1, -0.05) is 11.6 Å². The number of nitrogens with one attached hydrogen (secondary N) is 2. The van der Waals surface area contributed by atoms with Crippen LogP contribution in [0, 0.1) is 0 Å². The van der Waals surface area contributed by atoms with Gasteiger partial charge >= 0.3 is 0 Å². The van der Waals surface area contributed by atoms with Gasteiger partial charge in [0, 0.05) is 17.0 Å².